The second-order valence-electron chi connectivity index (χ2n) is 4.54. The summed E-state index contributed by atoms with van der Waals surface area (Å²) in [5.41, 5.74) is 0.623. The molecular formula is C13H11I2NO4. The smallest absolute Gasteiger partial charge is 0.350 e. The van der Waals surface area contributed by atoms with Gasteiger partial charge in [0.05, 0.1) is 0 Å². The van der Waals surface area contributed by atoms with Gasteiger partial charge in [0.15, 0.2) is 5.57 Å². The van der Waals surface area contributed by atoms with Crippen LogP contribution in [0.1, 0.15) is 13.8 Å². The number of esters is 2. The summed E-state index contributed by atoms with van der Waals surface area (Å²) >= 11 is 4.38. The molecule has 0 saturated carbocycles. The highest BCUT2D eigenvalue weighted by Gasteiger charge is 2.38. The average Bonchev–Trinajstić information content (AvgIpc) is 2.24. The highest BCUT2D eigenvalue weighted by atomic mass is 127. The number of cyclic esters (lactones) is 2. The first-order valence-electron chi connectivity index (χ1n) is 5.66. The van der Waals surface area contributed by atoms with Gasteiger partial charge >= 0.3 is 11.9 Å². The minimum atomic E-state index is -1.22. The Hall–Kier alpha value is -0.840. The lowest BCUT2D eigenvalue weighted by Gasteiger charge is -2.29. The lowest BCUT2D eigenvalue weighted by atomic mass is 10.2. The normalized spacial score (nSPS) is 17.3. The fourth-order valence-electron chi connectivity index (χ4n) is 1.57. The van der Waals surface area contributed by atoms with Gasteiger partial charge in [-0.1, -0.05) is 0 Å². The maximum atomic E-state index is 11.7. The van der Waals surface area contributed by atoms with E-state index in [4.69, 9.17) is 9.47 Å². The molecule has 7 heteroatoms. The first-order chi connectivity index (χ1) is 9.27. The average molecular weight is 499 g/mol. The topological polar surface area (TPSA) is 64.6 Å². The summed E-state index contributed by atoms with van der Waals surface area (Å²) in [5.74, 6) is -2.61. The third kappa shape index (κ3) is 3.84. The maximum absolute atomic E-state index is 11.7. The Morgan fingerprint density at radius 1 is 1.05 bits per heavy atom. The van der Waals surface area contributed by atoms with Crippen molar-refractivity contribution in [1.29, 1.82) is 0 Å². The number of carbonyl (C=O) groups is 2. The van der Waals surface area contributed by atoms with E-state index in [0.717, 1.165) is 12.8 Å². The van der Waals surface area contributed by atoms with Crippen LogP contribution in [0, 0.1) is 7.14 Å². The number of halogens is 2. The van der Waals surface area contributed by atoms with E-state index in [9.17, 15) is 9.59 Å². The van der Waals surface area contributed by atoms with Gasteiger partial charge in [-0.3, -0.25) is 0 Å². The lowest BCUT2D eigenvalue weighted by Crippen LogP contribution is -2.42. The quantitative estimate of drug-likeness (QED) is 0.294. The van der Waals surface area contributed by atoms with E-state index in [0.29, 0.717) is 0 Å². The highest BCUT2D eigenvalue weighted by molar-refractivity contribution is 14.1. The SMILES string of the molecule is CC1(C)OC(=O)C(=CNc2cc(I)cc(I)c2)C(=O)O1. The molecule has 5 nitrogen and oxygen atoms in total. The first-order valence-corrected chi connectivity index (χ1v) is 7.82. The molecule has 0 amide bonds. The van der Waals surface area contributed by atoms with E-state index in [1.807, 2.05) is 18.2 Å². The summed E-state index contributed by atoms with van der Waals surface area (Å²) in [6, 6.07) is 5.79. The summed E-state index contributed by atoms with van der Waals surface area (Å²) in [5, 5.41) is 2.91. The van der Waals surface area contributed by atoms with Gasteiger partial charge in [-0.2, -0.15) is 0 Å². The van der Waals surface area contributed by atoms with Gasteiger partial charge in [0.2, 0.25) is 0 Å². The molecule has 1 aliphatic rings. The Morgan fingerprint density at radius 3 is 2.05 bits per heavy atom. The second kappa shape index (κ2) is 5.88. The molecule has 0 aromatic heterocycles. The Labute approximate surface area is 143 Å². The predicted octanol–water partition coefficient (Wildman–Crippen LogP) is 3.03. The summed E-state index contributed by atoms with van der Waals surface area (Å²) < 4.78 is 12.1. The Balaban J connectivity index is 2.19. The number of hydrogen-bond acceptors (Lipinski definition) is 5. The van der Waals surface area contributed by atoms with Crippen molar-refractivity contribution in [3.05, 3.63) is 37.1 Å². The standard InChI is InChI=1S/C13H11I2NO4/c1-13(2)19-11(17)10(12(18)20-13)6-16-9-4-7(14)3-8(15)5-9/h3-6,16H,1-2H3. The largest absolute Gasteiger partial charge is 0.419 e. The number of nitrogens with one attached hydrogen (secondary N) is 1. The van der Waals surface area contributed by atoms with Crippen LogP contribution in [0.4, 0.5) is 5.69 Å². The monoisotopic (exact) mass is 499 g/mol. The zero-order valence-electron chi connectivity index (χ0n) is 10.7. The molecule has 20 heavy (non-hydrogen) atoms. The Morgan fingerprint density at radius 2 is 1.55 bits per heavy atom. The summed E-state index contributed by atoms with van der Waals surface area (Å²) in [6.45, 7) is 3.02. The Bertz CT molecular complexity index is 568. The third-order valence-corrected chi connectivity index (χ3v) is 3.61. The van der Waals surface area contributed by atoms with Gasteiger partial charge in [-0.15, -0.1) is 0 Å². The number of hydrogen-bond donors (Lipinski definition) is 1. The van der Waals surface area contributed by atoms with Gasteiger partial charge in [-0.05, 0) is 63.4 Å². The number of benzene rings is 1. The van der Waals surface area contributed by atoms with Crippen LogP contribution >= 0.6 is 45.2 Å². The number of carbonyl (C=O) groups excluding carboxylic acids is 2. The summed E-state index contributed by atoms with van der Waals surface area (Å²) in [6.07, 6.45) is 1.31. The predicted molar refractivity (Wildman–Crippen MR) is 89.8 cm³/mol. The van der Waals surface area contributed by atoms with Gasteiger partial charge in [-0.25, -0.2) is 9.59 Å². The molecule has 1 N–H and O–H groups in total. The van der Waals surface area contributed by atoms with Crippen molar-refractivity contribution < 1.29 is 19.1 Å². The molecule has 1 aromatic carbocycles. The van der Waals surface area contributed by atoms with E-state index < -0.39 is 17.7 Å². The second-order valence-corrected chi connectivity index (χ2v) is 7.03. The Kier molecular flexibility index (Phi) is 4.57. The molecule has 0 aliphatic carbocycles. The van der Waals surface area contributed by atoms with Crippen molar-refractivity contribution in [2.75, 3.05) is 5.32 Å². The van der Waals surface area contributed by atoms with Crippen LogP contribution in [0.25, 0.3) is 0 Å². The van der Waals surface area contributed by atoms with Gasteiger partial charge in [0.25, 0.3) is 5.79 Å². The molecule has 1 heterocycles. The van der Waals surface area contributed by atoms with E-state index in [1.54, 1.807) is 0 Å². The zero-order chi connectivity index (χ0) is 14.9. The van der Waals surface area contributed by atoms with Crippen molar-refractivity contribution in [2.45, 2.75) is 19.6 Å². The van der Waals surface area contributed by atoms with Crippen LogP contribution in [0.5, 0.6) is 0 Å². The third-order valence-electron chi connectivity index (χ3n) is 2.36. The first kappa shape index (κ1) is 15.5. The molecule has 1 fully saturated rings. The maximum Gasteiger partial charge on any atom is 0.350 e. The molecule has 106 valence electrons. The molecular weight excluding hydrogens is 488 g/mol. The number of ether oxygens (including phenoxy) is 2. The zero-order valence-corrected chi connectivity index (χ0v) is 15.0. The van der Waals surface area contributed by atoms with E-state index >= 15 is 0 Å². The van der Waals surface area contributed by atoms with Crippen molar-refractivity contribution in [3.8, 4) is 0 Å². The van der Waals surface area contributed by atoms with Crippen LogP contribution < -0.4 is 5.32 Å². The van der Waals surface area contributed by atoms with E-state index in [1.165, 1.54) is 20.0 Å². The van der Waals surface area contributed by atoms with Gasteiger partial charge in [0.1, 0.15) is 0 Å². The highest BCUT2D eigenvalue weighted by Crippen LogP contribution is 2.23. The van der Waals surface area contributed by atoms with E-state index in [-0.39, 0.29) is 5.57 Å². The van der Waals surface area contributed by atoms with Crippen molar-refractivity contribution >= 4 is 62.8 Å². The van der Waals surface area contributed by atoms with Crippen molar-refractivity contribution in [3.63, 3.8) is 0 Å². The summed E-state index contributed by atoms with van der Waals surface area (Å²) in [7, 11) is 0. The van der Waals surface area contributed by atoms with Crippen LogP contribution in [-0.4, -0.2) is 17.7 Å². The molecule has 1 saturated heterocycles. The minimum absolute atomic E-state index is 0.154. The molecule has 0 unspecified atom stereocenters. The fraction of sp³-hybridized carbons (Fsp3) is 0.231. The van der Waals surface area contributed by atoms with Gasteiger partial charge in [0, 0.05) is 32.9 Å². The molecule has 0 spiro atoms. The van der Waals surface area contributed by atoms with Crippen LogP contribution in [-0.2, 0) is 19.1 Å². The van der Waals surface area contributed by atoms with Crippen LogP contribution in [0.3, 0.4) is 0 Å². The molecule has 1 aliphatic heterocycles. The molecule has 0 radical (unpaired) electrons. The van der Waals surface area contributed by atoms with Crippen molar-refractivity contribution in [2.24, 2.45) is 0 Å². The number of rotatable bonds is 2. The summed E-state index contributed by atoms with van der Waals surface area (Å²) in [4.78, 5) is 23.5. The van der Waals surface area contributed by atoms with Crippen LogP contribution in [0.15, 0.2) is 30.0 Å². The van der Waals surface area contributed by atoms with E-state index in [2.05, 4.69) is 50.5 Å². The molecule has 0 atom stereocenters. The molecule has 0 bridgehead atoms. The number of anilines is 1. The van der Waals surface area contributed by atoms with Crippen molar-refractivity contribution in [1.82, 2.24) is 0 Å². The lowest BCUT2D eigenvalue weighted by molar-refractivity contribution is -0.222. The van der Waals surface area contributed by atoms with Crippen LogP contribution in [0.2, 0.25) is 0 Å². The molecule has 2 rings (SSSR count). The molecule has 1 aromatic rings. The fourth-order valence-corrected chi connectivity index (χ4v) is 3.51. The van der Waals surface area contributed by atoms with Gasteiger partial charge < -0.3 is 14.8 Å². The minimum Gasteiger partial charge on any atom is -0.419 e.